The third-order valence-corrected chi connectivity index (χ3v) is 6.25. The summed E-state index contributed by atoms with van der Waals surface area (Å²) in [5.41, 5.74) is 2.55. The van der Waals surface area contributed by atoms with Crippen molar-refractivity contribution in [2.45, 2.75) is 13.0 Å². The van der Waals surface area contributed by atoms with Gasteiger partial charge < -0.3 is 19.0 Å². The lowest BCUT2D eigenvalue weighted by atomic mass is 10.0. The molecule has 1 aliphatic heterocycles. The Morgan fingerprint density at radius 2 is 1.58 bits per heavy atom. The molecule has 8 nitrogen and oxygen atoms in total. The lowest BCUT2D eigenvalue weighted by molar-refractivity contribution is -0.141. The minimum absolute atomic E-state index is 0.203. The number of ether oxygens (including phenoxy) is 1. The quantitative estimate of drug-likeness (QED) is 0.398. The van der Waals surface area contributed by atoms with Crippen LogP contribution in [0.3, 0.4) is 0 Å². The van der Waals surface area contributed by atoms with Crippen molar-refractivity contribution in [1.29, 1.82) is 0 Å². The Morgan fingerprint density at radius 3 is 2.31 bits per heavy atom. The van der Waals surface area contributed by atoms with Gasteiger partial charge in [0.05, 0.1) is 23.0 Å². The summed E-state index contributed by atoms with van der Waals surface area (Å²) >= 11 is 0. The Labute approximate surface area is 208 Å². The number of para-hydroxylation sites is 1. The van der Waals surface area contributed by atoms with Gasteiger partial charge in [0.1, 0.15) is 0 Å². The predicted octanol–water partition coefficient (Wildman–Crippen LogP) is 4.02. The van der Waals surface area contributed by atoms with Gasteiger partial charge in [0.2, 0.25) is 0 Å². The smallest absolute Gasteiger partial charge is 0.339 e. The maximum absolute atomic E-state index is 13.2. The molecular formula is C28H25N3O5. The van der Waals surface area contributed by atoms with E-state index in [0.29, 0.717) is 48.3 Å². The number of esters is 1. The van der Waals surface area contributed by atoms with Crippen LogP contribution in [-0.2, 0) is 9.53 Å². The topological polar surface area (TPSA) is 93.0 Å². The number of carbonyl (C=O) groups excluding carboxylic acids is 3. The molecule has 182 valence electrons. The normalized spacial score (nSPS) is 14.5. The summed E-state index contributed by atoms with van der Waals surface area (Å²) in [6, 6.07) is 21.9. The van der Waals surface area contributed by atoms with E-state index in [1.165, 1.54) is 6.26 Å². The molecule has 1 fully saturated rings. The largest absolute Gasteiger partial charge is 0.459 e. The van der Waals surface area contributed by atoms with Gasteiger partial charge in [-0.05, 0) is 31.2 Å². The average molecular weight is 484 g/mol. The standard InChI is InChI=1S/C28H25N3O5/c1-19(26(32)30-13-15-31(16-14-30)27(33)25-12-7-17-35-25)36-28(34)22-18-24(20-8-3-2-4-9-20)29-23-11-6-5-10-21(22)23/h2-12,17-19H,13-16H2,1H3/t19-/m0/s1. The minimum atomic E-state index is -0.975. The molecule has 0 radical (unpaired) electrons. The van der Waals surface area contributed by atoms with Crippen LogP contribution in [0.2, 0.25) is 0 Å². The van der Waals surface area contributed by atoms with Gasteiger partial charge in [-0.15, -0.1) is 0 Å². The molecule has 4 aromatic rings. The number of hydrogen-bond acceptors (Lipinski definition) is 6. The lowest BCUT2D eigenvalue weighted by Crippen LogP contribution is -2.53. The Kier molecular flexibility index (Phi) is 6.49. The van der Waals surface area contributed by atoms with Crippen molar-refractivity contribution >= 4 is 28.7 Å². The molecule has 0 N–H and O–H groups in total. The van der Waals surface area contributed by atoms with Crippen LogP contribution in [-0.4, -0.2) is 64.9 Å². The Balaban J connectivity index is 1.28. The molecule has 1 saturated heterocycles. The number of furan rings is 1. The van der Waals surface area contributed by atoms with Gasteiger partial charge in [0, 0.05) is 37.1 Å². The lowest BCUT2D eigenvalue weighted by Gasteiger charge is -2.35. The fourth-order valence-corrected chi connectivity index (χ4v) is 4.32. The van der Waals surface area contributed by atoms with Crippen LogP contribution in [0.5, 0.6) is 0 Å². The summed E-state index contributed by atoms with van der Waals surface area (Å²) in [5.74, 6) is -0.810. The number of fused-ring (bicyclic) bond motifs is 1. The number of rotatable bonds is 5. The Hall–Kier alpha value is -4.46. The zero-order chi connectivity index (χ0) is 25.1. The first-order chi connectivity index (χ1) is 17.5. The third kappa shape index (κ3) is 4.70. The van der Waals surface area contributed by atoms with E-state index in [9.17, 15) is 14.4 Å². The van der Waals surface area contributed by atoms with Crippen molar-refractivity contribution in [3.8, 4) is 11.3 Å². The number of benzene rings is 2. The molecule has 1 aliphatic rings. The number of nitrogens with zero attached hydrogens (tertiary/aromatic N) is 3. The number of piperazine rings is 1. The zero-order valence-electron chi connectivity index (χ0n) is 19.8. The van der Waals surface area contributed by atoms with Crippen molar-refractivity contribution in [2.24, 2.45) is 0 Å². The molecule has 1 atom stereocenters. The maximum atomic E-state index is 13.2. The van der Waals surface area contributed by atoms with Crippen molar-refractivity contribution < 1.29 is 23.5 Å². The van der Waals surface area contributed by atoms with E-state index < -0.39 is 12.1 Å². The van der Waals surface area contributed by atoms with Crippen LogP contribution >= 0.6 is 0 Å². The van der Waals surface area contributed by atoms with Gasteiger partial charge in [0.15, 0.2) is 11.9 Å². The molecular weight excluding hydrogens is 458 g/mol. The van der Waals surface area contributed by atoms with E-state index in [4.69, 9.17) is 14.1 Å². The third-order valence-electron chi connectivity index (χ3n) is 6.25. The van der Waals surface area contributed by atoms with Crippen LogP contribution in [0.1, 0.15) is 27.8 Å². The average Bonchev–Trinajstić information content (AvgIpc) is 3.47. The number of aromatic nitrogens is 1. The van der Waals surface area contributed by atoms with Crippen molar-refractivity contribution in [1.82, 2.24) is 14.8 Å². The fraction of sp³-hybridized carbons (Fsp3) is 0.214. The molecule has 36 heavy (non-hydrogen) atoms. The Morgan fingerprint density at radius 1 is 0.889 bits per heavy atom. The molecule has 0 saturated carbocycles. The van der Waals surface area contributed by atoms with Crippen LogP contribution in [0.4, 0.5) is 0 Å². The van der Waals surface area contributed by atoms with Gasteiger partial charge >= 0.3 is 5.97 Å². The number of carbonyl (C=O) groups is 3. The molecule has 0 spiro atoms. The summed E-state index contributed by atoms with van der Waals surface area (Å²) in [4.78, 5) is 46.7. The van der Waals surface area contributed by atoms with Crippen molar-refractivity contribution in [3.63, 3.8) is 0 Å². The van der Waals surface area contributed by atoms with Gasteiger partial charge in [-0.25, -0.2) is 9.78 Å². The van der Waals surface area contributed by atoms with E-state index in [1.807, 2.05) is 54.6 Å². The second-order valence-electron chi connectivity index (χ2n) is 8.58. The summed E-state index contributed by atoms with van der Waals surface area (Å²) in [7, 11) is 0. The molecule has 0 aliphatic carbocycles. The van der Waals surface area contributed by atoms with Gasteiger partial charge in [0.25, 0.3) is 11.8 Å². The fourth-order valence-electron chi connectivity index (χ4n) is 4.32. The summed E-state index contributed by atoms with van der Waals surface area (Å²) in [5, 5.41) is 0.659. The van der Waals surface area contributed by atoms with Crippen LogP contribution in [0.25, 0.3) is 22.2 Å². The molecule has 0 bridgehead atoms. The van der Waals surface area contributed by atoms with E-state index >= 15 is 0 Å². The first-order valence-electron chi connectivity index (χ1n) is 11.8. The van der Waals surface area contributed by atoms with E-state index in [0.717, 1.165) is 5.56 Å². The molecule has 3 heterocycles. The maximum Gasteiger partial charge on any atom is 0.339 e. The van der Waals surface area contributed by atoms with Gasteiger partial charge in [-0.3, -0.25) is 9.59 Å². The predicted molar refractivity (Wildman–Crippen MR) is 133 cm³/mol. The highest BCUT2D eigenvalue weighted by molar-refractivity contribution is 6.05. The molecule has 0 unspecified atom stereocenters. The number of hydrogen-bond donors (Lipinski definition) is 0. The monoisotopic (exact) mass is 483 g/mol. The molecule has 8 heteroatoms. The van der Waals surface area contributed by atoms with Gasteiger partial charge in [-0.2, -0.15) is 0 Å². The summed E-state index contributed by atoms with van der Waals surface area (Å²) in [6.07, 6.45) is 0.481. The second-order valence-corrected chi connectivity index (χ2v) is 8.58. The van der Waals surface area contributed by atoms with Gasteiger partial charge in [-0.1, -0.05) is 48.5 Å². The first kappa shape index (κ1) is 23.3. The van der Waals surface area contributed by atoms with Crippen LogP contribution in [0.15, 0.2) is 83.5 Å². The summed E-state index contributed by atoms with van der Waals surface area (Å²) < 4.78 is 10.8. The molecule has 5 rings (SSSR count). The molecule has 2 amide bonds. The van der Waals surface area contributed by atoms with Crippen LogP contribution < -0.4 is 0 Å². The highest BCUT2D eigenvalue weighted by Crippen LogP contribution is 2.26. The highest BCUT2D eigenvalue weighted by atomic mass is 16.5. The highest BCUT2D eigenvalue weighted by Gasteiger charge is 2.30. The summed E-state index contributed by atoms with van der Waals surface area (Å²) in [6.45, 7) is 3.03. The molecule has 2 aromatic carbocycles. The van der Waals surface area contributed by atoms with E-state index in [2.05, 4.69) is 0 Å². The van der Waals surface area contributed by atoms with Crippen molar-refractivity contribution in [3.05, 3.63) is 90.4 Å². The Bertz CT molecular complexity index is 1390. The zero-order valence-corrected chi connectivity index (χ0v) is 19.8. The first-order valence-corrected chi connectivity index (χ1v) is 11.8. The van der Waals surface area contributed by atoms with Crippen LogP contribution in [0, 0.1) is 0 Å². The minimum Gasteiger partial charge on any atom is -0.459 e. The number of amides is 2. The second kappa shape index (κ2) is 10.0. The SMILES string of the molecule is C[C@H](OC(=O)c1cc(-c2ccccc2)nc2ccccc12)C(=O)N1CCN(C(=O)c2ccco2)CC1. The van der Waals surface area contributed by atoms with Crippen molar-refractivity contribution in [2.75, 3.05) is 26.2 Å². The van der Waals surface area contributed by atoms with E-state index in [-0.39, 0.29) is 17.6 Å². The molecule has 2 aromatic heterocycles. The van der Waals surface area contributed by atoms with E-state index in [1.54, 1.807) is 34.9 Å². The number of pyridine rings is 1.